The molecule has 0 aromatic heterocycles. The smallest absolute Gasteiger partial charge is 0.320 e. The summed E-state index contributed by atoms with van der Waals surface area (Å²) in [5.41, 5.74) is 0.516. The fraction of sp³-hybridized carbons (Fsp3) is 0.500. The molecular formula is C14H19ClFNO2. The number of carbonyl (C=O) groups is 1. The third-order valence-electron chi connectivity index (χ3n) is 2.76. The van der Waals surface area contributed by atoms with Gasteiger partial charge in [-0.3, -0.25) is 9.69 Å². The van der Waals surface area contributed by atoms with Gasteiger partial charge in [0.2, 0.25) is 0 Å². The van der Waals surface area contributed by atoms with Gasteiger partial charge in [0.25, 0.3) is 0 Å². The number of esters is 1. The monoisotopic (exact) mass is 287 g/mol. The fourth-order valence-electron chi connectivity index (χ4n) is 1.66. The Bertz CT molecular complexity index is 437. The Hall–Kier alpha value is -1.13. The zero-order chi connectivity index (χ0) is 14.4. The van der Waals surface area contributed by atoms with E-state index in [4.69, 9.17) is 16.3 Å². The van der Waals surface area contributed by atoms with Crippen LogP contribution in [-0.2, 0) is 16.1 Å². The second-order valence-electron chi connectivity index (χ2n) is 4.54. The van der Waals surface area contributed by atoms with Crippen LogP contribution >= 0.6 is 11.6 Å². The van der Waals surface area contributed by atoms with Gasteiger partial charge in [-0.2, -0.15) is 0 Å². The second-order valence-corrected chi connectivity index (χ2v) is 4.98. The molecule has 106 valence electrons. The maximum Gasteiger partial charge on any atom is 0.320 e. The van der Waals surface area contributed by atoms with E-state index in [0.29, 0.717) is 23.7 Å². The van der Waals surface area contributed by atoms with Crippen LogP contribution in [0.15, 0.2) is 18.2 Å². The Balaban J connectivity index is 2.75. The van der Waals surface area contributed by atoms with Gasteiger partial charge >= 0.3 is 5.97 Å². The molecule has 0 aliphatic rings. The summed E-state index contributed by atoms with van der Waals surface area (Å²) < 4.78 is 18.6. The van der Waals surface area contributed by atoms with Crippen molar-refractivity contribution in [3.05, 3.63) is 34.6 Å². The van der Waals surface area contributed by atoms with Crippen molar-refractivity contribution in [1.29, 1.82) is 0 Å². The van der Waals surface area contributed by atoms with Crippen molar-refractivity contribution in [2.75, 3.05) is 13.2 Å². The molecule has 19 heavy (non-hydrogen) atoms. The third-order valence-corrected chi connectivity index (χ3v) is 2.99. The molecule has 1 aromatic rings. The van der Waals surface area contributed by atoms with Gasteiger partial charge in [-0.15, -0.1) is 0 Å². The molecule has 0 atom stereocenters. The molecule has 1 aromatic carbocycles. The number of hydrogen-bond donors (Lipinski definition) is 0. The molecule has 0 amide bonds. The number of benzene rings is 1. The Morgan fingerprint density at radius 1 is 1.47 bits per heavy atom. The van der Waals surface area contributed by atoms with Crippen molar-refractivity contribution in [2.24, 2.45) is 0 Å². The van der Waals surface area contributed by atoms with Gasteiger partial charge in [0, 0.05) is 23.2 Å². The molecule has 5 heteroatoms. The van der Waals surface area contributed by atoms with Crippen molar-refractivity contribution in [1.82, 2.24) is 4.90 Å². The lowest BCUT2D eigenvalue weighted by molar-refractivity contribution is -0.145. The van der Waals surface area contributed by atoms with E-state index in [1.54, 1.807) is 19.1 Å². The predicted molar refractivity (Wildman–Crippen MR) is 73.6 cm³/mol. The molecule has 0 saturated carbocycles. The van der Waals surface area contributed by atoms with Crippen LogP contribution in [0.5, 0.6) is 0 Å². The van der Waals surface area contributed by atoms with Gasteiger partial charge in [0.1, 0.15) is 5.82 Å². The summed E-state index contributed by atoms with van der Waals surface area (Å²) in [6.07, 6.45) is 0. The predicted octanol–water partition coefficient (Wildman–Crippen LogP) is 3.25. The highest BCUT2D eigenvalue weighted by Crippen LogP contribution is 2.17. The summed E-state index contributed by atoms with van der Waals surface area (Å²) >= 11 is 5.71. The van der Waals surface area contributed by atoms with Crippen molar-refractivity contribution in [3.8, 4) is 0 Å². The Kier molecular flexibility index (Phi) is 6.25. The first-order valence-electron chi connectivity index (χ1n) is 6.27. The molecule has 0 heterocycles. The topological polar surface area (TPSA) is 29.5 Å². The summed E-state index contributed by atoms with van der Waals surface area (Å²) in [7, 11) is 0. The lowest BCUT2D eigenvalue weighted by Crippen LogP contribution is -2.36. The highest BCUT2D eigenvalue weighted by atomic mass is 35.5. The minimum absolute atomic E-state index is 0.111. The zero-order valence-electron chi connectivity index (χ0n) is 11.5. The molecule has 0 aliphatic carbocycles. The van der Waals surface area contributed by atoms with Gasteiger partial charge in [0.05, 0.1) is 13.2 Å². The zero-order valence-corrected chi connectivity index (χ0v) is 12.2. The number of ether oxygens (including phenoxy) is 1. The SMILES string of the molecule is CCOC(=O)CN(Cc1ccc(Cl)cc1F)C(C)C. The number of halogens is 2. The standard InChI is InChI=1S/C14H19ClFNO2/c1-4-19-14(18)9-17(10(2)3)8-11-5-6-12(15)7-13(11)16/h5-7,10H,4,8-9H2,1-3H3. The first-order chi connectivity index (χ1) is 8.93. The summed E-state index contributed by atoms with van der Waals surface area (Å²) in [4.78, 5) is 13.4. The maximum absolute atomic E-state index is 13.7. The average molecular weight is 288 g/mol. The minimum atomic E-state index is -0.359. The Morgan fingerprint density at radius 3 is 2.68 bits per heavy atom. The summed E-state index contributed by atoms with van der Waals surface area (Å²) in [6, 6.07) is 4.67. The highest BCUT2D eigenvalue weighted by molar-refractivity contribution is 6.30. The van der Waals surface area contributed by atoms with E-state index in [9.17, 15) is 9.18 Å². The van der Waals surface area contributed by atoms with Crippen LogP contribution in [0.2, 0.25) is 5.02 Å². The van der Waals surface area contributed by atoms with E-state index in [2.05, 4.69) is 0 Å². The molecule has 0 spiro atoms. The van der Waals surface area contributed by atoms with Crippen molar-refractivity contribution >= 4 is 17.6 Å². The second kappa shape index (κ2) is 7.46. The molecule has 3 nitrogen and oxygen atoms in total. The normalized spacial score (nSPS) is 11.1. The molecule has 0 N–H and O–H groups in total. The summed E-state index contributed by atoms with van der Waals surface area (Å²) in [6.45, 7) is 6.50. The summed E-state index contributed by atoms with van der Waals surface area (Å²) in [5.74, 6) is -0.660. The first kappa shape index (κ1) is 15.9. The number of nitrogens with zero attached hydrogens (tertiary/aromatic N) is 1. The quantitative estimate of drug-likeness (QED) is 0.752. The third kappa shape index (κ3) is 5.17. The number of rotatable bonds is 6. The molecule has 0 unspecified atom stereocenters. The van der Waals surface area contributed by atoms with Gasteiger partial charge in [-0.05, 0) is 32.9 Å². The fourth-order valence-corrected chi connectivity index (χ4v) is 1.82. The van der Waals surface area contributed by atoms with Gasteiger partial charge in [-0.1, -0.05) is 17.7 Å². The molecule has 0 aliphatic heterocycles. The molecule has 1 rings (SSSR count). The Labute approximate surface area is 118 Å². The van der Waals surface area contributed by atoms with Crippen LogP contribution in [0, 0.1) is 5.82 Å². The van der Waals surface area contributed by atoms with Crippen LogP contribution in [0.4, 0.5) is 4.39 Å². The highest BCUT2D eigenvalue weighted by Gasteiger charge is 2.17. The largest absolute Gasteiger partial charge is 0.465 e. The first-order valence-corrected chi connectivity index (χ1v) is 6.65. The number of carbonyl (C=O) groups excluding carboxylic acids is 1. The van der Waals surface area contributed by atoms with E-state index in [-0.39, 0.29) is 24.4 Å². The molecule has 0 fully saturated rings. The van der Waals surface area contributed by atoms with Crippen LogP contribution in [0.3, 0.4) is 0 Å². The molecule has 0 saturated heterocycles. The molecule has 0 radical (unpaired) electrons. The Morgan fingerprint density at radius 2 is 2.16 bits per heavy atom. The number of hydrogen-bond acceptors (Lipinski definition) is 3. The van der Waals surface area contributed by atoms with E-state index >= 15 is 0 Å². The van der Waals surface area contributed by atoms with Gasteiger partial charge < -0.3 is 4.74 Å². The van der Waals surface area contributed by atoms with Crippen molar-refractivity contribution < 1.29 is 13.9 Å². The van der Waals surface area contributed by atoms with Crippen molar-refractivity contribution in [2.45, 2.75) is 33.4 Å². The van der Waals surface area contributed by atoms with Gasteiger partial charge in [-0.25, -0.2) is 4.39 Å². The maximum atomic E-state index is 13.7. The van der Waals surface area contributed by atoms with Crippen molar-refractivity contribution in [3.63, 3.8) is 0 Å². The van der Waals surface area contributed by atoms with E-state index < -0.39 is 0 Å². The van der Waals surface area contributed by atoms with Crippen LogP contribution < -0.4 is 0 Å². The lowest BCUT2D eigenvalue weighted by atomic mass is 10.1. The summed E-state index contributed by atoms with van der Waals surface area (Å²) in [5, 5.41) is 0.364. The molecular weight excluding hydrogens is 269 g/mol. The average Bonchev–Trinajstić information content (AvgIpc) is 2.31. The van der Waals surface area contributed by atoms with Crippen LogP contribution in [0.1, 0.15) is 26.3 Å². The van der Waals surface area contributed by atoms with E-state index in [0.717, 1.165) is 0 Å². The van der Waals surface area contributed by atoms with E-state index in [1.807, 2.05) is 18.7 Å². The molecule has 0 bridgehead atoms. The minimum Gasteiger partial charge on any atom is -0.465 e. The lowest BCUT2D eigenvalue weighted by Gasteiger charge is -2.25. The van der Waals surface area contributed by atoms with Crippen LogP contribution in [0.25, 0.3) is 0 Å². The van der Waals surface area contributed by atoms with Crippen LogP contribution in [-0.4, -0.2) is 30.1 Å². The van der Waals surface area contributed by atoms with Gasteiger partial charge in [0.15, 0.2) is 0 Å². The van der Waals surface area contributed by atoms with E-state index in [1.165, 1.54) is 6.07 Å².